The summed E-state index contributed by atoms with van der Waals surface area (Å²) in [5.74, 6) is 1.69. The number of morpholine rings is 1. The monoisotopic (exact) mass is 439 g/mol. The third kappa shape index (κ3) is 5.30. The Kier molecular flexibility index (Phi) is 6.26. The summed E-state index contributed by atoms with van der Waals surface area (Å²) < 4.78 is 5.50. The van der Waals surface area contributed by atoms with Crippen molar-refractivity contribution >= 4 is 38.5 Å². The van der Waals surface area contributed by atoms with E-state index in [1.807, 2.05) is 12.1 Å². The zero-order chi connectivity index (χ0) is 21.0. The summed E-state index contributed by atoms with van der Waals surface area (Å²) in [5.41, 5.74) is 8.32. The minimum Gasteiger partial charge on any atom is -0.379 e. The van der Waals surface area contributed by atoms with Crippen molar-refractivity contribution in [3.63, 3.8) is 0 Å². The Morgan fingerprint density at radius 3 is 2.87 bits per heavy atom. The van der Waals surface area contributed by atoms with Gasteiger partial charge in [0, 0.05) is 37.9 Å². The van der Waals surface area contributed by atoms with Gasteiger partial charge in [-0.1, -0.05) is 11.3 Å². The fourth-order valence-electron chi connectivity index (χ4n) is 4.33. The van der Waals surface area contributed by atoms with Crippen LogP contribution < -0.4 is 16.4 Å². The molecule has 9 heteroatoms. The SMILES string of the molecule is NC1CCCC(Nc2cc(CN3CCOCC3)cc(Nc3nc4cccnc4s3)n2)C1. The lowest BCUT2D eigenvalue weighted by atomic mass is 9.91. The van der Waals surface area contributed by atoms with Crippen molar-refractivity contribution in [1.82, 2.24) is 19.9 Å². The molecule has 3 aromatic rings. The molecule has 2 atom stereocenters. The lowest BCUT2D eigenvalue weighted by Gasteiger charge is -2.29. The third-order valence-corrected chi connectivity index (χ3v) is 6.76. The molecule has 5 rings (SSSR count). The number of hydrogen-bond donors (Lipinski definition) is 3. The van der Waals surface area contributed by atoms with E-state index in [1.54, 1.807) is 6.20 Å². The minimum absolute atomic E-state index is 0.274. The van der Waals surface area contributed by atoms with Crippen LogP contribution in [0.25, 0.3) is 10.3 Å². The van der Waals surface area contributed by atoms with E-state index in [-0.39, 0.29) is 6.04 Å². The average molecular weight is 440 g/mol. The molecular weight excluding hydrogens is 410 g/mol. The molecule has 1 aliphatic heterocycles. The molecule has 0 bridgehead atoms. The van der Waals surface area contributed by atoms with Crippen LogP contribution in [0.3, 0.4) is 0 Å². The predicted molar refractivity (Wildman–Crippen MR) is 125 cm³/mol. The topological polar surface area (TPSA) is 101 Å². The molecule has 2 fully saturated rings. The van der Waals surface area contributed by atoms with Crippen molar-refractivity contribution in [3.8, 4) is 0 Å². The first-order chi connectivity index (χ1) is 15.2. The second-order valence-electron chi connectivity index (χ2n) is 8.37. The highest BCUT2D eigenvalue weighted by molar-refractivity contribution is 7.21. The van der Waals surface area contributed by atoms with E-state index in [9.17, 15) is 0 Å². The Balaban J connectivity index is 1.38. The van der Waals surface area contributed by atoms with E-state index in [1.165, 1.54) is 16.9 Å². The fourth-order valence-corrected chi connectivity index (χ4v) is 5.15. The minimum atomic E-state index is 0.274. The first-order valence-electron chi connectivity index (χ1n) is 11.0. The van der Waals surface area contributed by atoms with E-state index >= 15 is 0 Å². The maximum Gasteiger partial charge on any atom is 0.190 e. The summed E-state index contributed by atoms with van der Waals surface area (Å²) in [4.78, 5) is 17.2. The van der Waals surface area contributed by atoms with Crippen LogP contribution in [-0.2, 0) is 11.3 Å². The average Bonchev–Trinajstić information content (AvgIpc) is 3.16. The van der Waals surface area contributed by atoms with Crippen LogP contribution in [0.4, 0.5) is 16.8 Å². The summed E-state index contributed by atoms with van der Waals surface area (Å²) in [6.45, 7) is 4.37. The van der Waals surface area contributed by atoms with E-state index < -0.39 is 0 Å². The number of nitrogens with two attached hydrogens (primary N) is 1. The Hall–Kier alpha value is -2.33. The van der Waals surface area contributed by atoms with Gasteiger partial charge in [-0.3, -0.25) is 4.90 Å². The molecule has 0 aromatic carbocycles. The maximum absolute atomic E-state index is 6.20. The largest absolute Gasteiger partial charge is 0.379 e. The normalized spacial score (nSPS) is 22.5. The number of hydrogen-bond acceptors (Lipinski definition) is 9. The third-order valence-electron chi connectivity index (χ3n) is 5.86. The van der Waals surface area contributed by atoms with Crippen LogP contribution in [0.1, 0.15) is 31.2 Å². The molecule has 31 heavy (non-hydrogen) atoms. The summed E-state index contributed by atoms with van der Waals surface area (Å²) in [6.07, 6.45) is 6.19. The first kappa shape index (κ1) is 20.6. The molecule has 2 unspecified atom stereocenters. The van der Waals surface area contributed by atoms with Crippen LogP contribution in [0.2, 0.25) is 0 Å². The molecule has 1 aliphatic carbocycles. The molecule has 0 amide bonds. The number of ether oxygens (including phenoxy) is 1. The van der Waals surface area contributed by atoms with Gasteiger partial charge in [0.25, 0.3) is 0 Å². The highest BCUT2D eigenvalue weighted by atomic mass is 32.1. The Morgan fingerprint density at radius 1 is 1.16 bits per heavy atom. The Morgan fingerprint density at radius 2 is 2.03 bits per heavy atom. The van der Waals surface area contributed by atoms with Gasteiger partial charge in [0.2, 0.25) is 0 Å². The molecule has 8 nitrogen and oxygen atoms in total. The summed E-state index contributed by atoms with van der Waals surface area (Å²) >= 11 is 1.54. The number of pyridine rings is 2. The van der Waals surface area contributed by atoms with Crippen LogP contribution in [0.5, 0.6) is 0 Å². The van der Waals surface area contributed by atoms with E-state index in [0.717, 1.165) is 85.6 Å². The van der Waals surface area contributed by atoms with Gasteiger partial charge in [0.1, 0.15) is 22.0 Å². The molecule has 0 radical (unpaired) electrons. The van der Waals surface area contributed by atoms with Crippen molar-refractivity contribution < 1.29 is 4.74 Å². The van der Waals surface area contributed by atoms with Crippen molar-refractivity contribution in [1.29, 1.82) is 0 Å². The summed E-state index contributed by atoms with van der Waals surface area (Å²) in [6, 6.07) is 8.81. The van der Waals surface area contributed by atoms with E-state index in [0.29, 0.717) is 6.04 Å². The molecular formula is C22H29N7OS. The molecule has 0 spiro atoms. The zero-order valence-corrected chi connectivity index (χ0v) is 18.4. The van der Waals surface area contributed by atoms with Crippen molar-refractivity contribution in [3.05, 3.63) is 36.0 Å². The van der Waals surface area contributed by atoms with Gasteiger partial charge in [-0.2, -0.15) is 0 Å². The number of aromatic nitrogens is 3. The fraction of sp³-hybridized carbons (Fsp3) is 0.500. The van der Waals surface area contributed by atoms with Crippen LogP contribution >= 0.6 is 11.3 Å². The second-order valence-corrected chi connectivity index (χ2v) is 9.35. The van der Waals surface area contributed by atoms with Gasteiger partial charge in [0.05, 0.1) is 13.2 Å². The zero-order valence-electron chi connectivity index (χ0n) is 17.6. The van der Waals surface area contributed by atoms with Crippen LogP contribution in [-0.4, -0.2) is 58.2 Å². The van der Waals surface area contributed by atoms with Gasteiger partial charge in [-0.25, -0.2) is 15.0 Å². The smallest absolute Gasteiger partial charge is 0.190 e. The van der Waals surface area contributed by atoms with Crippen molar-refractivity contribution in [2.75, 3.05) is 36.9 Å². The molecule has 2 aliphatic rings. The summed E-state index contributed by atoms with van der Waals surface area (Å²) in [5, 5.41) is 7.85. The Bertz CT molecular complexity index is 987. The molecule has 164 valence electrons. The molecule has 1 saturated heterocycles. The lowest BCUT2D eigenvalue weighted by Crippen LogP contribution is -2.36. The number of fused-ring (bicyclic) bond motifs is 1. The number of anilines is 3. The van der Waals surface area contributed by atoms with Gasteiger partial charge < -0.3 is 21.1 Å². The lowest BCUT2D eigenvalue weighted by molar-refractivity contribution is 0.0342. The van der Waals surface area contributed by atoms with Gasteiger partial charge in [-0.05, 0) is 55.5 Å². The Labute approximate surface area is 186 Å². The standard InChI is InChI=1S/C22H29N7OS/c23-16-3-1-4-17(13-16)25-19-11-15(14-29-7-9-30-10-8-29)12-20(27-19)28-22-26-18-5-2-6-24-21(18)31-22/h2,5-6,11-12,16-17H,1,3-4,7-10,13-14,23H2,(H2,25,26,27,28). The van der Waals surface area contributed by atoms with Crippen molar-refractivity contribution in [2.45, 2.75) is 44.3 Å². The quantitative estimate of drug-likeness (QED) is 0.538. The highest BCUT2D eigenvalue weighted by Crippen LogP contribution is 2.28. The van der Waals surface area contributed by atoms with E-state index in [2.05, 4.69) is 37.6 Å². The van der Waals surface area contributed by atoms with Gasteiger partial charge in [0.15, 0.2) is 5.13 Å². The first-order valence-corrected chi connectivity index (χ1v) is 11.8. The van der Waals surface area contributed by atoms with Crippen LogP contribution in [0, 0.1) is 0 Å². The predicted octanol–water partition coefficient (Wildman–Crippen LogP) is 3.34. The molecule has 3 aromatic heterocycles. The molecule has 4 N–H and O–H groups in total. The molecule has 4 heterocycles. The van der Waals surface area contributed by atoms with Crippen LogP contribution in [0.15, 0.2) is 30.5 Å². The summed E-state index contributed by atoms with van der Waals surface area (Å²) in [7, 11) is 0. The second kappa shape index (κ2) is 9.44. The van der Waals surface area contributed by atoms with Gasteiger partial charge in [-0.15, -0.1) is 0 Å². The number of thiazole rings is 1. The number of rotatable bonds is 6. The maximum atomic E-state index is 6.20. The highest BCUT2D eigenvalue weighted by Gasteiger charge is 2.20. The van der Waals surface area contributed by atoms with E-state index in [4.69, 9.17) is 15.5 Å². The molecule has 1 saturated carbocycles. The van der Waals surface area contributed by atoms with Gasteiger partial charge >= 0.3 is 0 Å². The van der Waals surface area contributed by atoms with Crippen molar-refractivity contribution in [2.24, 2.45) is 5.73 Å². The number of nitrogens with one attached hydrogen (secondary N) is 2. The number of nitrogens with zero attached hydrogens (tertiary/aromatic N) is 4.